The van der Waals surface area contributed by atoms with Crippen LogP contribution in [0.1, 0.15) is 16.6 Å². The Balaban J connectivity index is 1.65. The highest BCUT2D eigenvalue weighted by Crippen LogP contribution is 2.42. The predicted octanol–water partition coefficient (Wildman–Crippen LogP) is 6.65. The van der Waals surface area contributed by atoms with Crippen LogP contribution in [0.5, 0.6) is 5.88 Å². The molecule has 0 unspecified atom stereocenters. The van der Waals surface area contributed by atoms with Gasteiger partial charge in [-0.2, -0.15) is 9.78 Å². The zero-order valence-corrected chi connectivity index (χ0v) is 22.3. The minimum atomic E-state index is -0.520. The van der Waals surface area contributed by atoms with E-state index in [0.29, 0.717) is 27.5 Å². The quantitative estimate of drug-likeness (QED) is 0.234. The van der Waals surface area contributed by atoms with Crippen LogP contribution in [0, 0.1) is 5.82 Å². The summed E-state index contributed by atoms with van der Waals surface area (Å²) in [5.74, 6) is -0.898. The minimum absolute atomic E-state index is 0.191. The topological polar surface area (TPSA) is 76.5 Å². The third-order valence-electron chi connectivity index (χ3n) is 5.97. The number of aromatic nitrogens is 2. The first-order chi connectivity index (χ1) is 18.8. The van der Waals surface area contributed by atoms with Crippen LogP contribution in [0.3, 0.4) is 0 Å². The van der Waals surface area contributed by atoms with Crippen molar-refractivity contribution in [1.29, 1.82) is 0 Å². The Bertz CT molecular complexity index is 1630. The van der Waals surface area contributed by atoms with Gasteiger partial charge in [0.2, 0.25) is 5.88 Å². The number of thiophene rings is 1. The minimum Gasteiger partial charge on any atom is -0.407 e. The molecule has 0 saturated carbocycles. The van der Waals surface area contributed by atoms with E-state index in [1.807, 2.05) is 66.8 Å². The van der Waals surface area contributed by atoms with Gasteiger partial charge in [-0.05, 0) is 65.5 Å². The number of esters is 1. The largest absolute Gasteiger partial charge is 0.407 e. The van der Waals surface area contributed by atoms with Crippen molar-refractivity contribution in [2.75, 3.05) is 24.3 Å². The Morgan fingerprint density at radius 1 is 0.949 bits per heavy atom. The van der Waals surface area contributed by atoms with Crippen molar-refractivity contribution in [3.63, 3.8) is 0 Å². The maximum atomic E-state index is 13.7. The van der Waals surface area contributed by atoms with E-state index >= 15 is 0 Å². The number of amides is 1. The van der Waals surface area contributed by atoms with Crippen LogP contribution in [0.2, 0.25) is 0 Å². The number of nitrogens with one attached hydrogen (secondary N) is 1. The Morgan fingerprint density at radius 2 is 1.69 bits per heavy atom. The molecule has 1 amide bonds. The molecule has 196 valence electrons. The molecule has 7 nitrogen and oxygen atoms in total. The molecule has 0 atom stereocenters. The predicted molar refractivity (Wildman–Crippen MR) is 152 cm³/mol. The van der Waals surface area contributed by atoms with Gasteiger partial charge in [0, 0.05) is 38.0 Å². The van der Waals surface area contributed by atoms with Gasteiger partial charge < -0.3 is 15.0 Å². The first-order valence-corrected chi connectivity index (χ1v) is 13.0. The van der Waals surface area contributed by atoms with Crippen LogP contribution >= 0.6 is 11.3 Å². The van der Waals surface area contributed by atoms with Crippen LogP contribution in [-0.4, -0.2) is 35.8 Å². The van der Waals surface area contributed by atoms with E-state index in [1.54, 1.807) is 30.3 Å². The van der Waals surface area contributed by atoms with E-state index in [-0.39, 0.29) is 17.6 Å². The average Bonchev–Trinajstić information content (AvgIpc) is 3.59. The summed E-state index contributed by atoms with van der Waals surface area (Å²) in [5.41, 5.74) is 4.81. The number of halogens is 1. The molecule has 0 aliphatic carbocycles. The number of hydrogen-bond acceptors (Lipinski definition) is 6. The van der Waals surface area contributed by atoms with Crippen LogP contribution < -0.4 is 15.0 Å². The van der Waals surface area contributed by atoms with E-state index in [9.17, 15) is 14.0 Å². The van der Waals surface area contributed by atoms with Gasteiger partial charge in [-0.3, -0.25) is 9.59 Å². The van der Waals surface area contributed by atoms with E-state index in [0.717, 1.165) is 16.8 Å². The summed E-state index contributed by atoms with van der Waals surface area (Å²) in [5, 5.41) is 9.59. The zero-order chi connectivity index (χ0) is 27.5. The second-order valence-electron chi connectivity index (χ2n) is 8.96. The van der Waals surface area contributed by atoms with Gasteiger partial charge in [-0.15, -0.1) is 11.3 Å². The van der Waals surface area contributed by atoms with Gasteiger partial charge in [0.1, 0.15) is 11.5 Å². The average molecular weight is 541 g/mol. The van der Waals surface area contributed by atoms with Crippen molar-refractivity contribution in [3.8, 4) is 34.0 Å². The summed E-state index contributed by atoms with van der Waals surface area (Å²) >= 11 is 1.36. The summed E-state index contributed by atoms with van der Waals surface area (Å²) in [6.07, 6.45) is 0. The maximum Gasteiger partial charge on any atom is 0.309 e. The van der Waals surface area contributed by atoms with Gasteiger partial charge in [-0.25, -0.2) is 4.39 Å². The Labute approximate surface area is 229 Å². The molecular formula is C30H25FN4O3S. The zero-order valence-electron chi connectivity index (χ0n) is 21.5. The lowest BCUT2D eigenvalue weighted by atomic mass is 10.0. The molecule has 0 bridgehead atoms. The second-order valence-corrected chi connectivity index (χ2v) is 9.91. The van der Waals surface area contributed by atoms with Gasteiger partial charge in [0.05, 0.1) is 16.1 Å². The summed E-state index contributed by atoms with van der Waals surface area (Å²) in [7, 11) is 3.90. The van der Waals surface area contributed by atoms with Crippen LogP contribution in [0.4, 0.5) is 15.8 Å². The Kier molecular flexibility index (Phi) is 7.25. The lowest BCUT2D eigenvalue weighted by Crippen LogP contribution is -2.10. The number of nitrogens with zero attached hydrogens (tertiary/aromatic N) is 3. The van der Waals surface area contributed by atoms with Crippen molar-refractivity contribution >= 4 is 34.6 Å². The third kappa shape index (κ3) is 5.58. The highest BCUT2D eigenvalue weighted by molar-refractivity contribution is 7.12. The SMILES string of the molecule is CC(=O)Oc1c(-c2ccc(NC(=O)c3cccs3)cc2)c(-c2cccc(N(C)C)c2)nn1-c1ccc(F)cc1. The molecule has 5 rings (SSSR count). The van der Waals surface area contributed by atoms with E-state index in [2.05, 4.69) is 5.32 Å². The van der Waals surface area contributed by atoms with Crippen molar-refractivity contribution < 1.29 is 18.7 Å². The number of hydrogen-bond donors (Lipinski definition) is 1. The van der Waals surface area contributed by atoms with Crippen LogP contribution in [0.25, 0.3) is 28.1 Å². The van der Waals surface area contributed by atoms with Crippen LogP contribution in [-0.2, 0) is 4.79 Å². The monoisotopic (exact) mass is 540 g/mol. The van der Waals surface area contributed by atoms with Gasteiger partial charge in [0.25, 0.3) is 5.91 Å². The summed E-state index contributed by atoms with van der Waals surface area (Å²) < 4.78 is 20.9. The molecule has 2 heterocycles. The fourth-order valence-electron chi connectivity index (χ4n) is 4.10. The first-order valence-electron chi connectivity index (χ1n) is 12.1. The number of anilines is 2. The van der Waals surface area contributed by atoms with Crippen molar-refractivity contribution in [2.45, 2.75) is 6.92 Å². The first kappa shape index (κ1) is 25.9. The molecule has 1 N–H and O–H groups in total. The molecule has 3 aromatic carbocycles. The molecular weight excluding hydrogens is 515 g/mol. The number of benzene rings is 3. The molecule has 5 aromatic rings. The number of rotatable bonds is 7. The van der Waals surface area contributed by atoms with E-state index < -0.39 is 5.97 Å². The highest BCUT2D eigenvalue weighted by Gasteiger charge is 2.25. The molecule has 0 aliphatic heterocycles. The summed E-state index contributed by atoms with van der Waals surface area (Å²) in [4.78, 5) is 27.3. The lowest BCUT2D eigenvalue weighted by Gasteiger charge is -2.13. The second kappa shape index (κ2) is 10.9. The van der Waals surface area contributed by atoms with Gasteiger partial charge in [-0.1, -0.05) is 30.3 Å². The summed E-state index contributed by atoms with van der Waals surface area (Å²) in [6.45, 7) is 1.32. The fourth-order valence-corrected chi connectivity index (χ4v) is 4.72. The molecule has 2 aromatic heterocycles. The number of carbonyl (C=O) groups is 2. The van der Waals surface area contributed by atoms with Crippen molar-refractivity contribution in [3.05, 3.63) is 101 Å². The molecule has 0 saturated heterocycles. The van der Waals surface area contributed by atoms with Crippen molar-refractivity contribution in [2.24, 2.45) is 0 Å². The van der Waals surface area contributed by atoms with E-state index in [4.69, 9.17) is 9.84 Å². The Hall–Kier alpha value is -4.76. The number of carbonyl (C=O) groups excluding carboxylic acids is 2. The standard InChI is InChI=1S/C30H25FN4O3S/c1-19(36)38-30-27(20-9-13-23(14-10-20)32-29(37)26-8-5-17-39-26)28(21-6-4-7-25(18-21)34(2)3)33-35(30)24-15-11-22(31)12-16-24/h4-18H,1-3H3,(H,32,37). The molecule has 0 radical (unpaired) electrons. The van der Waals surface area contributed by atoms with E-state index in [1.165, 1.54) is 35.1 Å². The normalized spacial score (nSPS) is 10.8. The van der Waals surface area contributed by atoms with Crippen molar-refractivity contribution in [1.82, 2.24) is 9.78 Å². The fraction of sp³-hybridized carbons (Fsp3) is 0.100. The highest BCUT2D eigenvalue weighted by atomic mass is 32.1. The molecule has 0 fully saturated rings. The third-order valence-corrected chi connectivity index (χ3v) is 6.84. The molecule has 9 heteroatoms. The smallest absolute Gasteiger partial charge is 0.309 e. The molecule has 39 heavy (non-hydrogen) atoms. The maximum absolute atomic E-state index is 13.7. The summed E-state index contributed by atoms with van der Waals surface area (Å²) in [6, 6.07) is 24.5. The Morgan fingerprint density at radius 3 is 2.33 bits per heavy atom. The van der Waals surface area contributed by atoms with Crippen LogP contribution in [0.15, 0.2) is 90.3 Å². The lowest BCUT2D eigenvalue weighted by molar-refractivity contribution is -0.132. The van der Waals surface area contributed by atoms with Gasteiger partial charge >= 0.3 is 5.97 Å². The number of ether oxygens (including phenoxy) is 1. The molecule has 0 aliphatic rings. The van der Waals surface area contributed by atoms with Gasteiger partial charge in [0.15, 0.2) is 0 Å². The molecule has 0 spiro atoms.